The second-order valence-corrected chi connectivity index (χ2v) is 4.67. The number of likely N-dealkylation sites (tertiary alicyclic amines) is 1. The minimum absolute atomic E-state index is 0.355. The quantitative estimate of drug-likeness (QED) is 0.582. The standard InChI is InChI=1S/C10H19NO/c1-9(2)7-11-5-3-10(4-6-11)8-12-10/h9H,3-8H2,1-2H3. The van der Waals surface area contributed by atoms with Gasteiger partial charge in [-0.25, -0.2) is 0 Å². The van der Waals surface area contributed by atoms with Crippen molar-refractivity contribution in [1.29, 1.82) is 0 Å². The van der Waals surface area contributed by atoms with E-state index in [4.69, 9.17) is 4.74 Å². The zero-order valence-corrected chi connectivity index (χ0v) is 8.18. The third kappa shape index (κ3) is 1.80. The van der Waals surface area contributed by atoms with Crippen molar-refractivity contribution in [3.05, 3.63) is 0 Å². The van der Waals surface area contributed by atoms with Gasteiger partial charge in [-0.15, -0.1) is 0 Å². The van der Waals surface area contributed by atoms with Gasteiger partial charge in [-0.3, -0.25) is 0 Å². The highest BCUT2D eigenvalue weighted by molar-refractivity contribution is 4.96. The summed E-state index contributed by atoms with van der Waals surface area (Å²) in [4.78, 5) is 2.57. The minimum atomic E-state index is 0.355. The molecule has 2 saturated heterocycles. The van der Waals surface area contributed by atoms with Crippen LogP contribution in [0, 0.1) is 5.92 Å². The molecule has 0 bridgehead atoms. The molecule has 2 aliphatic rings. The fourth-order valence-electron chi connectivity index (χ4n) is 2.05. The number of rotatable bonds is 2. The summed E-state index contributed by atoms with van der Waals surface area (Å²) in [6.07, 6.45) is 2.53. The maximum Gasteiger partial charge on any atom is 0.0940 e. The molecule has 70 valence electrons. The summed E-state index contributed by atoms with van der Waals surface area (Å²) in [6.45, 7) is 9.37. The van der Waals surface area contributed by atoms with Crippen molar-refractivity contribution in [3.63, 3.8) is 0 Å². The van der Waals surface area contributed by atoms with Gasteiger partial charge in [-0.2, -0.15) is 0 Å². The summed E-state index contributed by atoms with van der Waals surface area (Å²) in [6, 6.07) is 0. The summed E-state index contributed by atoms with van der Waals surface area (Å²) < 4.78 is 5.46. The molecular formula is C10H19NO. The van der Waals surface area contributed by atoms with Crippen molar-refractivity contribution in [3.8, 4) is 0 Å². The molecule has 0 aromatic rings. The van der Waals surface area contributed by atoms with E-state index in [0.717, 1.165) is 12.5 Å². The summed E-state index contributed by atoms with van der Waals surface area (Å²) in [5.74, 6) is 0.805. The van der Waals surface area contributed by atoms with Crippen LogP contribution in [-0.2, 0) is 4.74 Å². The van der Waals surface area contributed by atoms with Gasteiger partial charge < -0.3 is 9.64 Å². The van der Waals surface area contributed by atoms with Gasteiger partial charge in [0.25, 0.3) is 0 Å². The van der Waals surface area contributed by atoms with Crippen molar-refractivity contribution >= 4 is 0 Å². The molecule has 12 heavy (non-hydrogen) atoms. The summed E-state index contributed by atoms with van der Waals surface area (Å²) >= 11 is 0. The highest BCUT2D eigenvalue weighted by Gasteiger charge is 2.46. The fraction of sp³-hybridized carbons (Fsp3) is 1.00. The number of nitrogens with zero attached hydrogens (tertiary/aromatic N) is 1. The predicted octanol–water partition coefficient (Wildman–Crippen LogP) is 1.51. The van der Waals surface area contributed by atoms with Crippen LogP contribution in [0.4, 0.5) is 0 Å². The Hall–Kier alpha value is -0.0800. The van der Waals surface area contributed by atoms with Crippen LogP contribution in [0.3, 0.4) is 0 Å². The van der Waals surface area contributed by atoms with E-state index in [2.05, 4.69) is 18.7 Å². The molecule has 1 spiro atoms. The van der Waals surface area contributed by atoms with Crippen LogP contribution in [-0.4, -0.2) is 36.7 Å². The van der Waals surface area contributed by atoms with Crippen LogP contribution in [0.2, 0.25) is 0 Å². The van der Waals surface area contributed by atoms with Crippen LogP contribution >= 0.6 is 0 Å². The highest BCUT2D eigenvalue weighted by atomic mass is 16.6. The average Bonchev–Trinajstić information content (AvgIpc) is 2.75. The number of ether oxygens (including phenoxy) is 1. The van der Waals surface area contributed by atoms with Crippen molar-refractivity contribution in [1.82, 2.24) is 4.90 Å². The van der Waals surface area contributed by atoms with Crippen LogP contribution < -0.4 is 0 Å². The molecule has 2 rings (SSSR count). The van der Waals surface area contributed by atoms with E-state index in [-0.39, 0.29) is 0 Å². The van der Waals surface area contributed by atoms with Gasteiger partial charge in [0, 0.05) is 19.6 Å². The molecule has 2 fully saturated rings. The molecule has 0 unspecified atom stereocenters. The number of hydrogen-bond donors (Lipinski definition) is 0. The van der Waals surface area contributed by atoms with Gasteiger partial charge in [0.2, 0.25) is 0 Å². The number of piperidine rings is 1. The van der Waals surface area contributed by atoms with Crippen molar-refractivity contribution in [2.45, 2.75) is 32.3 Å². The Kier molecular flexibility index (Phi) is 2.13. The maximum atomic E-state index is 5.46. The summed E-state index contributed by atoms with van der Waals surface area (Å²) in [5, 5.41) is 0. The Morgan fingerprint density at radius 1 is 1.33 bits per heavy atom. The monoisotopic (exact) mass is 169 g/mol. The topological polar surface area (TPSA) is 15.8 Å². The molecule has 2 heterocycles. The fourth-order valence-corrected chi connectivity index (χ4v) is 2.05. The van der Waals surface area contributed by atoms with E-state index in [1.54, 1.807) is 0 Å². The van der Waals surface area contributed by atoms with Crippen LogP contribution in [0.1, 0.15) is 26.7 Å². The SMILES string of the molecule is CC(C)CN1CCC2(CC1)CO2. The Bertz CT molecular complexity index is 153. The average molecular weight is 169 g/mol. The number of hydrogen-bond acceptors (Lipinski definition) is 2. The Labute approximate surface area is 74.9 Å². The second-order valence-electron chi connectivity index (χ2n) is 4.67. The van der Waals surface area contributed by atoms with Crippen LogP contribution in [0.5, 0.6) is 0 Å². The van der Waals surface area contributed by atoms with Gasteiger partial charge in [0.1, 0.15) is 0 Å². The summed E-state index contributed by atoms with van der Waals surface area (Å²) in [7, 11) is 0. The lowest BCUT2D eigenvalue weighted by molar-refractivity contribution is 0.136. The second kappa shape index (κ2) is 3.00. The predicted molar refractivity (Wildman–Crippen MR) is 49.2 cm³/mol. The Morgan fingerprint density at radius 2 is 1.92 bits per heavy atom. The first-order valence-corrected chi connectivity index (χ1v) is 5.07. The largest absolute Gasteiger partial charge is 0.369 e. The molecule has 2 nitrogen and oxygen atoms in total. The van der Waals surface area contributed by atoms with Crippen molar-refractivity contribution in [2.24, 2.45) is 5.92 Å². The lowest BCUT2D eigenvalue weighted by Gasteiger charge is -2.31. The lowest BCUT2D eigenvalue weighted by Crippen LogP contribution is -2.39. The van der Waals surface area contributed by atoms with E-state index in [1.807, 2.05) is 0 Å². The first kappa shape index (κ1) is 8.52. The van der Waals surface area contributed by atoms with E-state index in [9.17, 15) is 0 Å². The lowest BCUT2D eigenvalue weighted by atomic mass is 9.97. The van der Waals surface area contributed by atoms with Gasteiger partial charge in [-0.05, 0) is 18.8 Å². The van der Waals surface area contributed by atoms with E-state index >= 15 is 0 Å². The smallest absolute Gasteiger partial charge is 0.0940 e. The Morgan fingerprint density at radius 3 is 2.33 bits per heavy atom. The third-order valence-electron chi connectivity index (χ3n) is 2.94. The highest BCUT2D eigenvalue weighted by Crippen LogP contribution is 2.37. The van der Waals surface area contributed by atoms with E-state index in [1.165, 1.54) is 32.5 Å². The zero-order chi connectivity index (χ0) is 8.60. The van der Waals surface area contributed by atoms with E-state index < -0.39 is 0 Å². The van der Waals surface area contributed by atoms with Gasteiger partial charge in [-0.1, -0.05) is 13.8 Å². The molecule has 0 atom stereocenters. The van der Waals surface area contributed by atoms with Gasteiger partial charge in [0.05, 0.1) is 12.2 Å². The molecule has 0 saturated carbocycles. The van der Waals surface area contributed by atoms with Crippen molar-refractivity contribution in [2.75, 3.05) is 26.2 Å². The first-order chi connectivity index (χ1) is 5.70. The zero-order valence-electron chi connectivity index (χ0n) is 8.18. The van der Waals surface area contributed by atoms with Gasteiger partial charge in [0.15, 0.2) is 0 Å². The molecule has 0 aromatic heterocycles. The first-order valence-electron chi connectivity index (χ1n) is 5.07. The molecule has 0 amide bonds. The van der Waals surface area contributed by atoms with Crippen LogP contribution in [0.15, 0.2) is 0 Å². The molecule has 2 heteroatoms. The molecule has 0 aliphatic carbocycles. The molecule has 0 radical (unpaired) electrons. The molecule has 2 aliphatic heterocycles. The molecular weight excluding hydrogens is 150 g/mol. The van der Waals surface area contributed by atoms with Gasteiger partial charge >= 0.3 is 0 Å². The summed E-state index contributed by atoms with van der Waals surface area (Å²) in [5.41, 5.74) is 0.355. The van der Waals surface area contributed by atoms with E-state index in [0.29, 0.717) is 5.60 Å². The minimum Gasteiger partial charge on any atom is -0.369 e. The van der Waals surface area contributed by atoms with Crippen molar-refractivity contribution < 1.29 is 4.74 Å². The Balaban J connectivity index is 1.74. The maximum absolute atomic E-state index is 5.46. The molecule has 0 N–H and O–H groups in total. The normalized spacial score (nSPS) is 28.2. The molecule has 0 aromatic carbocycles. The third-order valence-corrected chi connectivity index (χ3v) is 2.94. The van der Waals surface area contributed by atoms with Crippen LogP contribution in [0.25, 0.3) is 0 Å². The number of epoxide rings is 1.